The summed E-state index contributed by atoms with van der Waals surface area (Å²) in [4.78, 5) is 5.18. The molecule has 0 bridgehead atoms. The summed E-state index contributed by atoms with van der Waals surface area (Å²) in [5, 5.41) is 16.6. The lowest BCUT2D eigenvalue weighted by molar-refractivity contribution is 0.171. The molecule has 34 heavy (non-hydrogen) atoms. The van der Waals surface area contributed by atoms with Gasteiger partial charge in [0.05, 0.1) is 0 Å². The average Bonchev–Trinajstić information content (AvgIpc) is 3.28. The molecule has 0 spiro atoms. The van der Waals surface area contributed by atoms with Crippen molar-refractivity contribution in [2.24, 2.45) is 0 Å². The molecule has 0 saturated carbocycles. The molecule has 190 valence electrons. The van der Waals surface area contributed by atoms with Crippen LogP contribution in [0.5, 0.6) is 0 Å². The van der Waals surface area contributed by atoms with Gasteiger partial charge in [-0.25, -0.2) is 4.68 Å². The van der Waals surface area contributed by atoms with Crippen molar-refractivity contribution in [1.82, 2.24) is 40.0 Å². The first-order valence-electron chi connectivity index (χ1n) is 13.4. The van der Waals surface area contributed by atoms with Crippen LogP contribution in [0.25, 0.3) is 0 Å². The van der Waals surface area contributed by atoms with Gasteiger partial charge in [-0.05, 0) is 79.6 Å². The molecule has 0 aromatic carbocycles. The largest absolute Gasteiger partial charge is 0.309 e. The highest BCUT2D eigenvalue weighted by molar-refractivity contribution is 5.16. The van der Waals surface area contributed by atoms with Crippen molar-refractivity contribution in [3.05, 3.63) is 35.2 Å². The molecule has 0 aliphatic carbocycles. The van der Waals surface area contributed by atoms with Crippen molar-refractivity contribution in [2.75, 3.05) is 39.3 Å². The second-order valence-electron chi connectivity index (χ2n) is 10.9. The second kappa shape index (κ2) is 11.3. The fourth-order valence-electron chi connectivity index (χ4n) is 6.04. The van der Waals surface area contributed by atoms with Crippen molar-refractivity contribution in [3.63, 3.8) is 0 Å². The van der Waals surface area contributed by atoms with Crippen LogP contribution >= 0.6 is 0 Å². The normalized spacial score (nSPS) is 26.9. The number of hydrogen-bond donors (Lipinski definition) is 2. The Morgan fingerprint density at radius 2 is 1.06 bits per heavy atom. The van der Waals surface area contributed by atoms with E-state index in [0.717, 1.165) is 76.6 Å². The van der Waals surface area contributed by atoms with E-state index in [2.05, 4.69) is 83.5 Å². The molecule has 2 aliphatic heterocycles. The van der Waals surface area contributed by atoms with Gasteiger partial charge in [0.25, 0.3) is 0 Å². The van der Waals surface area contributed by atoms with Crippen molar-refractivity contribution in [2.45, 2.75) is 91.4 Å². The van der Waals surface area contributed by atoms with Crippen molar-refractivity contribution < 1.29 is 0 Å². The first-order valence-corrected chi connectivity index (χ1v) is 13.4. The van der Waals surface area contributed by atoms with Crippen LogP contribution in [-0.2, 0) is 12.8 Å². The zero-order chi connectivity index (χ0) is 24.2. The molecule has 8 heteroatoms. The summed E-state index contributed by atoms with van der Waals surface area (Å²) in [6.45, 7) is 20.2. The number of hydrogen-bond acceptors (Lipinski definition) is 6. The second-order valence-corrected chi connectivity index (χ2v) is 10.9. The molecular formula is C26H46N8. The fraction of sp³-hybridized carbons (Fsp3) is 0.769. The Hall–Kier alpha value is -1.74. The molecular weight excluding hydrogens is 424 g/mol. The molecule has 0 unspecified atom stereocenters. The summed E-state index contributed by atoms with van der Waals surface area (Å²) in [6.07, 6.45) is 4.11. The van der Waals surface area contributed by atoms with Gasteiger partial charge in [0.1, 0.15) is 0 Å². The maximum Gasteiger partial charge on any atom is 0.153 e. The van der Waals surface area contributed by atoms with Gasteiger partial charge >= 0.3 is 0 Å². The average molecular weight is 471 g/mol. The molecule has 8 nitrogen and oxygen atoms in total. The number of aromatic nitrogens is 4. The van der Waals surface area contributed by atoms with Gasteiger partial charge in [-0.15, -0.1) is 10.2 Å². The van der Waals surface area contributed by atoms with Gasteiger partial charge in [0, 0.05) is 74.6 Å². The fourth-order valence-corrected chi connectivity index (χ4v) is 6.04. The van der Waals surface area contributed by atoms with E-state index in [-0.39, 0.29) is 0 Å². The molecule has 2 N–H and O–H groups in total. The van der Waals surface area contributed by atoms with Crippen LogP contribution in [-0.4, -0.2) is 92.8 Å². The van der Waals surface area contributed by atoms with Gasteiger partial charge in [-0.2, -0.15) is 0 Å². The van der Waals surface area contributed by atoms with Gasteiger partial charge in [0.2, 0.25) is 0 Å². The van der Waals surface area contributed by atoms with E-state index in [1.54, 1.807) is 0 Å². The summed E-state index contributed by atoms with van der Waals surface area (Å²) >= 11 is 0. The van der Waals surface area contributed by atoms with Gasteiger partial charge < -0.3 is 20.4 Å². The molecule has 2 saturated heterocycles. The third-order valence-corrected chi connectivity index (χ3v) is 7.22. The molecule has 2 fully saturated rings. The minimum atomic E-state index is 0.561. The third-order valence-electron chi connectivity index (χ3n) is 7.22. The van der Waals surface area contributed by atoms with Gasteiger partial charge in [0.15, 0.2) is 11.6 Å². The van der Waals surface area contributed by atoms with E-state index in [1.165, 1.54) is 11.4 Å². The van der Waals surface area contributed by atoms with Gasteiger partial charge in [-0.1, -0.05) is 0 Å². The molecule has 2 aliphatic rings. The van der Waals surface area contributed by atoms with Crippen LogP contribution < -0.4 is 10.6 Å². The number of nitrogens with one attached hydrogen (secondary N) is 2. The lowest BCUT2D eigenvalue weighted by Crippen LogP contribution is -2.54. The topological polar surface area (TPSA) is 66.2 Å². The van der Waals surface area contributed by atoms with E-state index in [9.17, 15) is 0 Å². The molecule has 4 heterocycles. The smallest absolute Gasteiger partial charge is 0.153 e. The highest BCUT2D eigenvalue weighted by Gasteiger charge is 2.23. The van der Waals surface area contributed by atoms with E-state index in [1.807, 2.05) is 0 Å². The van der Waals surface area contributed by atoms with Crippen molar-refractivity contribution in [3.8, 4) is 0 Å². The Balaban J connectivity index is 1.41. The monoisotopic (exact) mass is 470 g/mol. The van der Waals surface area contributed by atoms with E-state index < -0.39 is 0 Å². The van der Waals surface area contributed by atoms with Crippen molar-refractivity contribution in [1.29, 1.82) is 0 Å². The molecule has 4 atom stereocenters. The molecule has 0 amide bonds. The molecule has 2 aromatic heterocycles. The highest BCUT2D eigenvalue weighted by atomic mass is 15.5. The molecule has 4 rings (SSSR count). The minimum Gasteiger partial charge on any atom is -0.309 e. The Morgan fingerprint density at radius 3 is 1.44 bits per heavy atom. The summed E-state index contributed by atoms with van der Waals surface area (Å²) in [7, 11) is 0. The first-order chi connectivity index (χ1) is 16.3. The van der Waals surface area contributed by atoms with Crippen LogP contribution in [0, 0.1) is 13.8 Å². The lowest BCUT2D eigenvalue weighted by Gasteiger charge is -2.36. The Kier molecular flexibility index (Phi) is 8.45. The van der Waals surface area contributed by atoms with E-state index >= 15 is 0 Å². The molecule has 0 radical (unpaired) electrons. The number of piperazine rings is 2. The number of nitrogens with zero attached hydrogens (tertiary/aromatic N) is 6. The first kappa shape index (κ1) is 25.4. The number of aryl methyl sites for hydroxylation is 4. The summed E-state index contributed by atoms with van der Waals surface area (Å²) in [6, 6.07) is 6.62. The summed E-state index contributed by atoms with van der Waals surface area (Å²) in [5.41, 5.74) is 2.46. The number of rotatable bonds is 9. The summed E-state index contributed by atoms with van der Waals surface area (Å²) < 4.78 is 4.60. The van der Waals surface area contributed by atoms with Crippen LogP contribution in [0.3, 0.4) is 0 Å². The van der Waals surface area contributed by atoms with Crippen LogP contribution in [0.15, 0.2) is 12.1 Å². The van der Waals surface area contributed by atoms with E-state index in [4.69, 9.17) is 10.2 Å². The predicted molar refractivity (Wildman–Crippen MR) is 138 cm³/mol. The highest BCUT2D eigenvalue weighted by Crippen LogP contribution is 2.16. The van der Waals surface area contributed by atoms with Gasteiger partial charge in [-0.3, -0.25) is 4.68 Å². The Morgan fingerprint density at radius 1 is 0.676 bits per heavy atom. The summed E-state index contributed by atoms with van der Waals surface area (Å²) in [5.74, 6) is 2.16. The molecule has 2 aromatic rings. The Bertz CT molecular complexity index is 829. The Labute approximate surface area is 206 Å². The quantitative estimate of drug-likeness (QED) is 0.586. The minimum absolute atomic E-state index is 0.561. The maximum atomic E-state index is 4.69. The maximum absolute atomic E-state index is 4.69. The van der Waals surface area contributed by atoms with Crippen LogP contribution in [0.2, 0.25) is 0 Å². The zero-order valence-electron chi connectivity index (χ0n) is 22.2. The SMILES string of the molecule is Cc1ccc(C)n1-n1c(CCCN2C[C@H](C)N[C@@H](C)C2)nnc1CCCN1C[C@H](C)N[C@@H](C)C1. The zero-order valence-corrected chi connectivity index (χ0v) is 22.2. The third kappa shape index (κ3) is 6.27. The van der Waals surface area contributed by atoms with Crippen LogP contribution in [0.1, 0.15) is 63.6 Å². The lowest BCUT2D eigenvalue weighted by atomic mass is 10.1. The van der Waals surface area contributed by atoms with E-state index in [0.29, 0.717) is 24.2 Å². The predicted octanol–water partition coefficient (Wildman–Crippen LogP) is 2.24. The standard InChI is InChI=1S/C26H46N8/c1-19-15-31(16-20(2)27-19)13-7-9-25-29-30-26(34(25)33-23(5)11-12-24(33)6)10-8-14-32-17-21(3)28-22(4)18-32/h11-12,19-22,27-28H,7-10,13-18H2,1-6H3/t19-,20-,21-,22-/m0/s1. The van der Waals surface area contributed by atoms with Crippen LogP contribution in [0.4, 0.5) is 0 Å². The van der Waals surface area contributed by atoms with Crippen molar-refractivity contribution >= 4 is 0 Å².